The van der Waals surface area contributed by atoms with E-state index in [2.05, 4.69) is 20.3 Å². The van der Waals surface area contributed by atoms with E-state index in [-0.39, 0.29) is 0 Å². The van der Waals surface area contributed by atoms with Gasteiger partial charge in [-0.05, 0) is 36.4 Å². The van der Waals surface area contributed by atoms with Gasteiger partial charge in [-0.2, -0.15) is 5.10 Å². The molecule has 0 aliphatic rings. The molecule has 0 aliphatic carbocycles. The summed E-state index contributed by atoms with van der Waals surface area (Å²) < 4.78 is 1.79. The summed E-state index contributed by atoms with van der Waals surface area (Å²) in [4.78, 5) is 13.2. The first-order valence-electron chi connectivity index (χ1n) is 9.13. The molecule has 146 valence electrons. The first-order chi connectivity index (χ1) is 14.7. The van der Waals surface area contributed by atoms with Crippen molar-refractivity contribution in [3.05, 3.63) is 89.3 Å². The van der Waals surface area contributed by atoms with Crippen LogP contribution in [0.3, 0.4) is 0 Å². The lowest BCUT2D eigenvalue weighted by molar-refractivity contribution is 0.904. The maximum atomic E-state index is 6.50. The van der Waals surface area contributed by atoms with Crippen LogP contribution in [-0.2, 0) is 0 Å². The second-order valence-corrected chi connectivity index (χ2v) is 7.32. The topological polar surface area (TPSA) is 68.5 Å². The minimum Gasteiger partial charge on any atom is -0.323 e. The summed E-state index contributed by atoms with van der Waals surface area (Å²) in [6.45, 7) is 0. The number of nitrogens with one attached hydrogen (secondary N) is 1. The van der Waals surface area contributed by atoms with Gasteiger partial charge in [-0.3, -0.25) is 0 Å². The Kier molecular flexibility index (Phi) is 4.78. The smallest absolute Gasteiger partial charge is 0.163 e. The SMILES string of the molecule is Clc1ccc(-c2c3ncnc(Nc4ccccn4)c3nn2-c2ccccc2Cl)cc1. The molecule has 0 amide bonds. The normalized spacial score (nSPS) is 11.0. The summed E-state index contributed by atoms with van der Waals surface area (Å²) in [5, 5.41) is 9.27. The lowest BCUT2D eigenvalue weighted by Crippen LogP contribution is -2.00. The lowest BCUT2D eigenvalue weighted by atomic mass is 10.1. The average molecular weight is 433 g/mol. The van der Waals surface area contributed by atoms with E-state index in [0.717, 1.165) is 16.9 Å². The highest BCUT2D eigenvalue weighted by atomic mass is 35.5. The van der Waals surface area contributed by atoms with Crippen molar-refractivity contribution in [3.8, 4) is 16.9 Å². The van der Waals surface area contributed by atoms with E-state index >= 15 is 0 Å². The van der Waals surface area contributed by atoms with E-state index in [1.807, 2.05) is 66.7 Å². The third-order valence-corrected chi connectivity index (χ3v) is 5.14. The molecule has 8 heteroatoms. The fourth-order valence-electron chi connectivity index (χ4n) is 3.21. The molecule has 0 radical (unpaired) electrons. The Bertz CT molecular complexity index is 1330. The van der Waals surface area contributed by atoms with Gasteiger partial charge in [0, 0.05) is 16.8 Å². The van der Waals surface area contributed by atoms with Gasteiger partial charge in [0.1, 0.15) is 23.4 Å². The van der Waals surface area contributed by atoms with Gasteiger partial charge in [0.25, 0.3) is 0 Å². The van der Waals surface area contributed by atoms with Crippen LogP contribution in [0, 0.1) is 0 Å². The molecule has 0 spiro atoms. The fourth-order valence-corrected chi connectivity index (χ4v) is 3.55. The van der Waals surface area contributed by atoms with Crippen LogP contribution in [-0.4, -0.2) is 24.7 Å². The maximum Gasteiger partial charge on any atom is 0.163 e. The molecule has 0 unspecified atom stereocenters. The monoisotopic (exact) mass is 432 g/mol. The maximum absolute atomic E-state index is 6.50. The number of nitrogens with zero attached hydrogens (tertiary/aromatic N) is 5. The van der Waals surface area contributed by atoms with Crippen molar-refractivity contribution >= 4 is 45.9 Å². The molecule has 0 bridgehead atoms. The molecule has 5 aromatic rings. The van der Waals surface area contributed by atoms with Crippen molar-refractivity contribution in [2.24, 2.45) is 0 Å². The van der Waals surface area contributed by atoms with E-state index in [9.17, 15) is 0 Å². The van der Waals surface area contributed by atoms with Crippen LogP contribution in [0.1, 0.15) is 0 Å². The number of rotatable bonds is 4. The predicted molar refractivity (Wildman–Crippen MR) is 120 cm³/mol. The molecule has 0 atom stereocenters. The van der Waals surface area contributed by atoms with Crippen molar-refractivity contribution < 1.29 is 0 Å². The van der Waals surface area contributed by atoms with Crippen molar-refractivity contribution in [2.75, 3.05) is 5.32 Å². The van der Waals surface area contributed by atoms with Gasteiger partial charge in [-0.1, -0.05) is 53.5 Å². The largest absolute Gasteiger partial charge is 0.323 e. The van der Waals surface area contributed by atoms with Crippen molar-refractivity contribution in [1.82, 2.24) is 24.7 Å². The van der Waals surface area contributed by atoms with Crippen LogP contribution in [0.4, 0.5) is 11.6 Å². The summed E-state index contributed by atoms with van der Waals surface area (Å²) >= 11 is 12.6. The molecule has 0 saturated heterocycles. The standard InChI is InChI=1S/C22H14Cl2N6/c23-15-10-8-14(9-11-15)21-19-20(29-30(21)17-6-2-1-5-16(17)24)22(27-13-26-19)28-18-7-3-4-12-25-18/h1-13H,(H,25,26,27,28). The minimum absolute atomic E-state index is 0.555. The first kappa shape index (κ1) is 18.5. The van der Waals surface area contributed by atoms with Gasteiger partial charge in [-0.15, -0.1) is 0 Å². The Labute approximate surface area is 182 Å². The van der Waals surface area contributed by atoms with Crippen molar-refractivity contribution in [2.45, 2.75) is 0 Å². The molecule has 1 N–H and O–H groups in total. The van der Waals surface area contributed by atoms with Gasteiger partial charge >= 0.3 is 0 Å². The highest BCUT2D eigenvalue weighted by molar-refractivity contribution is 6.32. The van der Waals surface area contributed by atoms with Crippen LogP contribution >= 0.6 is 23.2 Å². The van der Waals surface area contributed by atoms with Gasteiger partial charge < -0.3 is 5.32 Å². The second kappa shape index (κ2) is 7.74. The molecule has 5 rings (SSSR count). The zero-order valence-electron chi connectivity index (χ0n) is 15.5. The number of aromatic nitrogens is 5. The lowest BCUT2D eigenvalue weighted by Gasteiger charge is -2.09. The van der Waals surface area contributed by atoms with Gasteiger partial charge in [0.05, 0.1) is 10.7 Å². The van der Waals surface area contributed by atoms with Crippen molar-refractivity contribution in [1.29, 1.82) is 0 Å². The van der Waals surface area contributed by atoms with Crippen LogP contribution in [0.15, 0.2) is 79.3 Å². The third-order valence-electron chi connectivity index (χ3n) is 4.57. The Morgan fingerprint density at radius 2 is 1.57 bits per heavy atom. The highest BCUT2D eigenvalue weighted by Gasteiger charge is 2.20. The summed E-state index contributed by atoms with van der Waals surface area (Å²) in [6.07, 6.45) is 3.22. The number of para-hydroxylation sites is 1. The quantitative estimate of drug-likeness (QED) is 0.381. The molecule has 30 heavy (non-hydrogen) atoms. The number of hydrogen-bond acceptors (Lipinski definition) is 5. The Morgan fingerprint density at radius 3 is 2.33 bits per heavy atom. The Balaban J connectivity index is 1.77. The zero-order valence-corrected chi connectivity index (χ0v) is 17.0. The number of pyridine rings is 1. The number of anilines is 2. The van der Waals surface area contributed by atoms with Crippen LogP contribution in [0.5, 0.6) is 0 Å². The minimum atomic E-state index is 0.555. The molecule has 0 fully saturated rings. The molecule has 0 aliphatic heterocycles. The van der Waals surface area contributed by atoms with Crippen LogP contribution in [0.25, 0.3) is 28.0 Å². The summed E-state index contributed by atoms with van der Waals surface area (Å²) in [6, 6.07) is 20.7. The second-order valence-electron chi connectivity index (χ2n) is 6.48. The molecule has 6 nitrogen and oxygen atoms in total. The number of hydrogen-bond donors (Lipinski definition) is 1. The average Bonchev–Trinajstić information content (AvgIpc) is 3.16. The van der Waals surface area contributed by atoms with Gasteiger partial charge in [0.15, 0.2) is 11.3 Å². The zero-order chi connectivity index (χ0) is 20.5. The molecular weight excluding hydrogens is 419 g/mol. The first-order valence-corrected chi connectivity index (χ1v) is 9.89. The van der Waals surface area contributed by atoms with E-state index in [4.69, 9.17) is 28.3 Å². The highest BCUT2D eigenvalue weighted by Crippen LogP contribution is 2.35. The Morgan fingerprint density at radius 1 is 0.767 bits per heavy atom. The molecule has 2 aromatic carbocycles. The molecular formula is C22H14Cl2N6. The molecule has 3 aromatic heterocycles. The van der Waals surface area contributed by atoms with Crippen LogP contribution < -0.4 is 5.32 Å². The third kappa shape index (κ3) is 3.36. The summed E-state index contributed by atoms with van der Waals surface area (Å²) in [5.41, 5.74) is 3.73. The van der Waals surface area contributed by atoms with Gasteiger partial charge in [0.2, 0.25) is 0 Å². The van der Waals surface area contributed by atoms with Crippen LogP contribution in [0.2, 0.25) is 10.0 Å². The fraction of sp³-hybridized carbons (Fsp3) is 0. The Hall–Kier alpha value is -3.48. The summed E-state index contributed by atoms with van der Waals surface area (Å²) in [7, 11) is 0. The summed E-state index contributed by atoms with van der Waals surface area (Å²) in [5.74, 6) is 1.22. The number of benzene rings is 2. The van der Waals surface area contributed by atoms with E-state index in [0.29, 0.717) is 32.7 Å². The number of fused-ring (bicyclic) bond motifs is 1. The van der Waals surface area contributed by atoms with E-state index in [1.54, 1.807) is 10.9 Å². The van der Waals surface area contributed by atoms with Gasteiger partial charge in [-0.25, -0.2) is 19.6 Å². The van der Waals surface area contributed by atoms with E-state index in [1.165, 1.54) is 6.33 Å². The van der Waals surface area contributed by atoms with E-state index < -0.39 is 0 Å². The molecule has 0 saturated carbocycles. The predicted octanol–water partition coefficient (Wildman–Crippen LogP) is 5.93. The molecule has 3 heterocycles. The number of halogens is 2. The van der Waals surface area contributed by atoms with Crippen molar-refractivity contribution in [3.63, 3.8) is 0 Å².